The van der Waals surface area contributed by atoms with Crippen LogP contribution >= 0.6 is 11.6 Å². The van der Waals surface area contributed by atoms with Crippen molar-refractivity contribution in [1.29, 1.82) is 0 Å². The Bertz CT molecular complexity index is 1830. The quantitative estimate of drug-likeness (QED) is 0.248. The standard InChI is InChI=1S/C27H22ClF3N8O2/c1-41-21-12-38(20(8-13-2-3-13)27-33-11-18(34-27)15-5-7-22(32)35-24(15)29)23(40)10-17(21)16-9-14(28)4-6-19(16)39-26(31)25(30)36-37-39/h4-7,9-13,20H,2-3,8H2,1H3,(H2,32,35)(H,33,34). The van der Waals surface area contributed by atoms with Crippen molar-refractivity contribution >= 4 is 17.4 Å². The van der Waals surface area contributed by atoms with Crippen molar-refractivity contribution in [3.63, 3.8) is 0 Å². The number of anilines is 1. The minimum absolute atomic E-state index is 0.0517. The summed E-state index contributed by atoms with van der Waals surface area (Å²) in [5.74, 6) is -2.28. The van der Waals surface area contributed by atoms with Crippen LogP contribution in [0.15, 0.2) is 53.6 Å². The molecule has 1 aliphatic rings. The van der Waals surface area contributed by atoms with E-state index < -0.39 is 29.4 Å². The number of benzene rings is 1. The van der Waals surface area contributed by atoms with Crippen molar-refractivity contribution in [3.05, 3.63) is 87.8 Å². The van der Waals surface area contributed by atoms with Gasteiger partial charge in [0, 0.05) is 22.2 Å². The van der Waals surface area contributed by atoms with E-state index in [1.807, 2.05) is 0 Å². The Labute approximate surface area is 235 Å². The molecular formula is C27H22ClF3N8O2. The van der Waals surface area contributed by atoms with Crippen LogP contribution in [0.4, 0.5) is 19.0 Å². The monoisotopic (exact) mass is 582 g/mol. The minimum atomic E-state index is -1.37. The summed E-state index contributed by atoms with van der Waals surface area (Å²) in [5.41, 5.74) is 6.38. The number of nitrogen functional groups attached to an aromatic ring is 1. The Morgan fingerprint density at radius 1 is 1.12 bits per heavy atom. The normalized spacial score (nSPS) is 13.9. The molecule has 10 nitrogen and oxygen atoms in total. The SMILES string of the molecule is COc1cn(C(CC2CC2)c2ncc(-c3ccc(N)nc3F)[nH]2)c(=O)cc1-c1cc(Cl)ccc1-n1nnc(F)c1F. The van der Waals surface area contributed by atoms with E-state index in [1.54, 1.807) is 0 Å². The van der Waals surface area contributed by atoms with Gasteiger partial charge in [-0.25, -0.2) is 9.97 Å². The van der Waals surface area contributed by atoms with E-state index in [-0.39, 0.29) is 39.0 Å². The number of halogens is 4. The third-order valence-corrected chi connectivity index (χ3v) is 7.22. The smallest absolute Gasteiger partial charge is 0.289 e. The lowest BCUT2D eigenvalue weighted by Crippen LogP contribution is -2.26. The van der Waals surface area contributed by atoms with Gasteiger partial charge in [0.05, 0.1) is 42.5 Å². The maximum atomic E-state index is 14.5. The molecule has 0 saturated heterocycles. The summed E-state index contributed by atoms with van der Waals surface area (Å²) in [7, 11) is 1.42. The Hall–Kier alpha value is -4.65. The van der Waals surface area contributed by atoms with E-state index >= 15 is 0 Å². The topological polar surface area (TPSA) is 130 Å². The Kier molecular flexibility index (Phi) is 6.73. The van der Waals surface area contributed by atoms with E-state index in [4.69, 9.17) is 22.1 Å². The van der Waals surface area contributed by atoms with Gasteiger partial charge in [-0.3, -0.25) is 4.79 Å². The molecule has 0 radical (unpaired) electrons. The zero-order chi connectivity index (χ0) is 28.8. The van der Waals surface area contributed by atoms with Crippen LogP contribution < -0.4 is 16.0 Å². The number of imidazole rings is 1. The van der Waals surface area contributed by atoms with Crippen molar-refractivity contribution in [2.45, 2.75) is 25.3 Å². The van der Waals surface area contributed by atoms with Crippen molar-refractivity contribution in [1.82, 2.24) is 34.5 Å². The van der Waals surface area contributed by atoms with Gasteiger partial charge in [-0.15, -0.1) is 0 Å². The predicted octanol–water partition coefficient (Wildman–Crippen LogP) is 4.93. The Morgan fingerprint density at radius 2 is 1.93 bits per heavy atom. The number of nitrogens with one attached hydrogen (secondary N) is 1. The summed E-state index contributed by atoms with van der Waals surface area (Å²) in [6.45, 7) is 0. The second-order valence-corrected chi connectivity index (χ2v) is 10.1. The molecule has 4 heterocycles. The number of hydrogen-bond donors (Lipinski definition) is 2. The maximum Gasteiger partial charge on any atom is 0.289 e. The van der Waals surface area contributed by atoms with Crippen molar-refractivity contribution < 1.29 is 17.9 Å². The number of nitrogens with zero attached hydrogens (tertiary/aromatic N) is 6. The van der Waals surface area contributed by atoms with Crippen molar-refractivity contribution in [2.75, 3.05) is 12.8 Å². The number of methoxy groups -OCH3 is 1. The van der Waals surface area contributed by atoms with Crippen LogP contribution in [-0.4, -0.2) is 41.6 Å². The molecule has 14 heteroatoms. The molecule has 0 aliphatic heterocycles. The van der Waals surface area contributed by atoms with E-state index in [9.17, 15) is 18.0 Å². The molecule has 4 aromatic heterocycles. The van der Waals surface area contributed by atoms with E-state index in [0.29, 0.717) is 28.5 Å². The number of aromatic nitrogens is 7. The second-order valence-electron chi connectivity index (χ2n) is 9.70. The Balaban J connectivity index is 1.45. The van der Waals surface area contributed by atoms with Crippen LogP contribution in [-0.2, 0) is 0 Å². The highest BCUT2D eigenvalue weighted by atomic mass is 35.5. The lowest BCUT2D eigenvalue weighted by Gasteiger charge is -2.21. The first-order valence-electron chi connectivity index (χ1n) is 12.6. The van der Waals surface area contributed by atoms with Crippen LogP contribution in [0.1, 0.15) is 31.1 Å². The fourth-order valence-corrected chi connectivity index (χ4v) is 4.95. The predicted molar refractivity (Wildman–Crippen MR) is 144 cm³/mol. The number of aromatic amines is 1. The van der Waals surface area contributed by atoms with Gasteiger partial charge >= 0.3 is 0 Å². The van der Waals surface area contributed by atoms with Gasteiger partial charge in [0.15, 0.2) is 0 Å². The molecule has 1 aliphatic carbocycles. The molecule has 0 spiro atoms. The average Bonchev–Trinajstić information content (AvgIpc) is 3.54. The lowest BCUT2D eigenvalue weighted by molar-refractivity contribution is 0.400. The van der Waals surface area contributed by atoms with Crippen LogP contribution in [0.5, 0.6) is 5.75 Å². The minimum Gasteiger partial charge on any atom is -0.495 e. The molecule has 1 aromatic carbocycles. The third-order valence-electron chi connectivity index (χ3n) is 6.98. The number of hydrogen-bond acceptors (Lipinski definition) is 7. The molecule has 6 rings (SSSR count). The molecule has 1 fully saturated rings. The highest BCUT2D eigenvalue weighted by Gasteiger charge is 2.31. The molecule has 1 atom stereocenters. The van der Waals surface area contributed by atoms with Crippen LogP contribution in [0.25, 0.3) is 28.1 Å². The largest absolute Gasteiger partial charge is 0.495 e. The average molecular weight is 583 g/mol. The number of pyridine rings is 2. The fraction of sp³-hybridized carbons (Fsp3) is 0.222. The second kappa shape index (κ2) is 10.4. The van der Waals surface area contributed by atoms with Crippen molar-refractivity contribution in [2.24, 2.45) is 5.92 Å². The van der Waals surface area contributed by atoms with E-state index in [1.165, 1.54) is 60.5 Å². The van der Waals surface area contributed by atoms with Gasteiger partial charge < -0.3 is 20.0 Å². The molecule has 0 bridgehead atoms. The number of nitrogens with two attached hydrogens (primary N) is 1. The summed E-state index contributed by atoms with van der Waals surface area (Å²) in [4.78, 5) is 24.9. The lowest BCUT2D eigenvalue weighted by atomic mass is 10.0. The molecule has 5 aromatic rings. The van der Waals surface area contributed by atoms with Crippen LogP contribution in [0.3, 0.4) is 0 Å². The zero-order valence-electron chi connectivity index (χ0n) is 21.5. The first kappa shape index (κ1) is 26.6. The zero-order valence-corrected chi connectivity index (χ0v) is 22.2. The molecule has 3 N–H and O–H groups in total. The van der Waals surface area contributed by atoms with Gasteiger partial charge in [0.2, 0.25) is 5.95 Å². The van der Waals surface area contributed by atoms with E-state index in [0.717, 1.165) is 12.8 Å². The third kappa shape index (κ3) is 5.04. The molecule has 0 amide bonds. The van der Waals surface area contributed by atoms with Gasteiger partial charge in [-0.05, 0) is 42.7 Å². The number of H-pyrrole nitrogens is 1. The highest BCUT2D eigenvalue weighted by Crippen LogP contribution is 2.40. The summed E-state index contributed by atoms with van der Waals surface area (Å²) in [6.07, 6.45) is 5.63. The first-order chi connectivity index (χ1) is 19.7. The molecular weight excluding hydrogens is 561 g/mol. The fourth-order valence-electron chi connectivity index (χ4n) is 4.78. The maximum absolute atomic E-state index is 14.5. The molecule has 41 heavy (non-hydrogen) atoms. The highest BCUT2D eigenvalue weighted by molar-refractivity contribution is 6.31. The number of rotatable bonds is 8. The molecule has 210 valence electrons. The van der Waals surface area contributed by atoms with Crippen molar-refractivity contribution in [3.8, 4) is 33.8 Å². The van der Waals surface area contributed by atoms with Gasteiger partial charge in [0.1, 0.15) is 17.4 Å². The van der Waals surface area contributed by atoms with Gasteiger partial charge in [-0.1, -0.05) is 34.8 Å². The molecule has 1 saturated carbocycles. The molecule has 1 unspecified atom stereocenters. The summed E-state index contributed by atoms with van der Waals surface area (Å²) < 4.78 is 50.5. The summed E-state index contributed by atoms with van der Waals surface area (Å²) >= 11 is 6.25. The Morgan fingerprint density at radius 3 is 2.61 bits per heavy atom. The first-order valence-corrected chi connectivity index (χ1v) is 13.0. The number of ether oxygens (including phenoxy) is 1. The van der Waals surface area contributed by atoms with Gasteiger partial charge in [0.25, 0.3) is 17.5 Å². The van der Waals surface area contributed by atoms with Crippen LogP contribution in [0.2, 0.25) is 5.02 Å². The van der Waals surface area contributed by atoms with Gasteiger partial charge in [-0.2, -0.15) is 17.9 Å². The summed E-state index contributed by atoms with van der Waals surface area (Å²) in [6, 6.07) is 8.19. The summed E-state index contributed by atoms with van der Waals surface area (Å²) in [5, 5.41) is 6.97. The van der Waals surface area contributed by atoms with Crippen LogP contribution in [0, 0.1) is 23.8 Å². The van der Waals surface area contributed by atoms with E-state index in [2.05, 4.69) is 25.3 Å².